The first-order chi connectivity index (χ1) is 16.7. The number of carboxylic acid groups (broad SMARTS) is 1. The summed E-state index contributed by atoms with van der Waals surface area (Å²) in [4.78, 5) is 25.5. The number of hydrogen-bond donors (Lipinski definition) is 1. The van der Waals surface area contributed by atoms with Crippen molar-refractivity contribution in [3.05, 3.63) is 51.4 Å². The summed E-state index contributed by atoms with van der Waals surface area (Å²) in [6.45, 7) is 6.52. The number of rotatable bonds is 9. The third kappa shape index (κ3) is 5.07. The Kier molecular flexibility index (Phi) is 6.82. The Balaban J connectivity index is 1.40. The van der Waals surface area contributed by atoms with E-state index in [-0.39, 0.29) is 24.0 Å². The molecule has 5 nitrogen and oxygen atoms in total. The molecule has 3 atom stereocenters. The molecule has 5 rings (SSSR count). The monoisotopic (exact) mass is 497 g/mol. The Bertz CT molecular complexity index is 1110. The van der Waals surface area contributed by atoms with Gasteiger partial charge in [0.25, 0.3) is 0 Å². The van der Waals surface area contributed by atoms with Crippen LogP contribution < -0.4 is 0 Å². The van der Waals surface area contributed by atoms with E-state index in [1.807, 2.05) is 25.1 Å². The smallest absolute Gasteiger partial charge is 0.306 e. The number of aliphatic carboxylic acids is 1. The summed E-state index contributed by atoms with van der Waals surface area (Å²) < 4.78 is 6.01. The van der Waals surface area contributed by atoms with Crippen molar-refractivity contribution in [2.45, 2.75) is 89.9 Å². The number of halogens is 1. The van der Waals surface area contributed by atoms with Crippen LogP contribution in [0.25, 0.3) is 0 Å². The van der Waals surface area contributed by atoms with Gasteiger partial charge in [-0.3, -0.25) is 9.59 Å². The third-order valence-electron chi connectivity index (χ3n) is 8.43. The standard InChI is InChI=1S/C29H36ClNO4/c1-15(2)8-17-10-20(11-17)28-26(18-6-7-18)27(31-35-28)23-13-21(29(33)34)12-22(23)25(32)14-19-5-4-16(3)9-24(19)30/h4-5,9,15,17-18,20-23H,6-8,10-14H2,1-3H3,(H,33,34)/t17?,20?,21-,22+,23+/m0/s1. The summed E-state index contributed by atoms with van der Waals surface area (Å²) in [6, 6.07) is 5.74. The zero-order chi connectivity index (χ0) is 24.9. The van der Waals surface area contributed by atoms with Crippen LogP contribution in [0.4, 0.5) is 0 Å². The van der Waals surface area contributed by atoms with E-state index in [0.29, 0.717) is 35.6 Å². The molecule has 0 bridgehead atoms. The molecule has 1 aromatic heterocycles. The van der Waals surface area contributed by atoms with E-state index in [1.54, 1.807) is 0 Å². The Morgan fingerprint density at radius 3 is 2.51 bits per heavy atom. The number of aryl methyl sites for hydroxylation is 1. The maximum Gasteiger partial charge on any atom is 0.306 e. The fraction of sp³-hybridized carbons (Fsp3) is 0.621. The van der Waals surface area contributed by atoms with Crippen LogP contribution in [0, 0.1) is 30.6 Å². The number of nitrogens with zero attached hydrogens (tertiary/aromatic N) is 1. The molecular formula is C29H36ClNO4. The van der Waals surface area contributed by atoms with E-state index < -0.39 is 11.9 Å². The second kappa shape index (κ2) is 9.72. The molecule has 0 amide bonds. The molecule has 0 unspecified atom stereocenters. The lowest BCUT2D eigenvalue weighted by molar-refractivity contribution is -0.141. The number of carbonyl (C=O) groups is 2. The lowest BCUT2D eigenvalue weighted by atomic mass is 9.69. The molecule has 35 heavy (non-hydrogen) atoms. The number of aromatic nitrogens is 1. The maximum absolute atomic E-state index is 13.5. The van der Waals surface area contributed by atoms with Crippen molar-refractivity contribution in [2.75, 3.05) is 0 Å². The topological polar surface area (TPSA) is 80.4 Å². The molecule has 188 valence electrons. The van der Waals surface area contributed by atoms with Crippen molar-refractivity contribution >= 4 is 23.4 Å². The van der Waals surface area contributed by atoms with E-state index >= 15 is 0 Å². The van der Waals surface area contributed by atoms with Gasteiger partial charge in [0.2, 0.25) is 0 Å². The van der Waals surface area contributed by atoms with Gasteiger partial charge < -0.3 is 9.63 Å². The van der Waals surface area contributed by atoms with Crippen molar-refractivity contribution < 1.29 is 19.2 Å². The number of Topliss-reactive ketones (excluding diaryl/α,β-unsaturated/α-hetero) is 1. The highest BCUT2D eigenvalue weighted by atomic mass is 35.5. The van der Waals surface area contributed by atoms with Crippen molar-refractivity contribution in [3.8, 4) is 0 Å². The molecule has 2 aromatic rings. The van der Waals surface area contributed by atoms with Crippen LogP contribution in [0.15, 0.2) is 22.7 Å². The van der Waals surface area contributed by atoms with Gasteiger partial charge in [-0.15, -0.1) is 0 Å². The average Bonchev–Trinajstić information content (AvgIpc) is 3.35. The largest absolute Gasteiger partial charge is 0.481 e. The van der Waals surface area contributed by atoms with Gasteiger partial charge in [0.1, 0.15) is 11.5 Å². The third-order valence-corrected chi connectivity index (χ3v) is 8.78. The fourth-order valence-electron chi connectivity index (χ4n) is 6.49. The quantitative estimate of drug-likeness (QED) is 0.401. The van der Waals surface area contributed by atoms with E-state index in [4.69, 9.17) is 16.1 Å². The lowest BCUT2D eigenvalue weighted by Crippen LogP contribution is -2.24. The van der Waals surface area contributed by atoms with Crippen LogP contribution in [0.1, 0.15) is 105 Å². The van der Waals surface area contributed by atoms with Gasteiger partial charge >= 0.3 is 5.97 Å². The highest BCUT2D eigenvalue weighted by Crippen LogP contribution is 2.55. The predicted octanol–water partition coefficient (Wildman–Crippen LogP) is 7.06. The van der Waals surface area contributed by atoms with Gasteiger partial charge in [0.05, 0.1) is 11.6 Å². The predicted molar refractivity (Wildman–Crippen MR) is 135 cm³/mol. The van der Waals surface area contributed by atoms with Crippen molar-refractivity contribution in [1.29, 1.82) is 0 Å². The molecule has 3 saturated carbocycles. The lowest BCUT2D eigenvalue weighted by Gasteiger charge is -2.35. The molecule has 3 aliphatic rings. The van der Waals surface area contributed by atoms with Gasteiger partial charge in [-0.05, 0) is 86.8 Å². The number of carbonyl (C=O) groups excluding carboxylic acids is 1. The Morgan fingerprint density at radius 2 is 1.89 bits per heavy atom. The summed E-state index contributed by atoms with van der Waals surface area (Å²) >= 11 is 6.42. The minimum atomic E-state index is -0.828. The first kappa shape index (κ1) is 24.5. The molecule has 0 saturated heterocycles. The van der Waals surface area contributed by atoms with Gasteiger partial charge in [-0.1, -0.05) is 42.7 Å². The Hall–Kier alpha value is -2.14. The summed E-state index contributed by atoms with van der Waals surface area (Å²) in [5.74, 6) is 1.44. The molecule has 1 aromatic carbocycles. The summed E-state index contributed by atoms with van der Waals surface area (Å²) in [5, 5.41) is 15.0. The molecule has 3 fully saturated rings. The second-order valence-electron chi connectivity index (χ2n) is 11.7. The SMILES string of the molecule is Cc1ccc(CC(=O)[C@@H]2C[C@H](C(=O)O)C[C@H]2c2noc(C3CC(CC(C)C)C3)c2C2CC2)c(Cl)c1. The zero-order valence-electron chi connectivity index (χ0n) is 20.9. The van der Waals surface area contributed by atoms with Gasteiger partial charge in [-0.2, -0.15) is 0 Å². The molecule has 1 heterocycles. The van der Waals surface area contributed by atoms with Crippen LogP contribution in [0.5, 0.6) is 0 Å². The Morgan fingerprint density at radius 1 is 1.14 bits per heavy atom. The highest BCUT2D eigenvalue weighted by molar-refractivity contribution is 6.31. The van der Waals surface area contributed by atoms with Crippen LogP contribution in [0.3, 0.4) is 0 Å². The molecular weight excluding hydrogens is 462 g/mol. The first-order valence-corrected chi connectivity index (χ1v) is 13.6. The minimum Gasteiger partial charge on any atom is -0.481 e. The van der Waals surface area contributed by atoms with Crippen LogP contribution >= 0.6 is 11.6 Å². The van der Waals surface area contributed by atoms with Gasteiger partial charge in [-0.25, -0.2) is 0 Å². The maximum atomic E-state index is 13.5. The number of ketones is 1. The van der Waals surface area contributed by atoms with Crippen molar-refractivity contribution in [1.82, 2.24) is 5.16 Å². The summed E-state index contributed by atoms with van der Waals surface area (Å²) in [6.07, 6.45) is 6.79. The van der Waals surface area contributed by atoms with E-state index in [2.05, 4.69) is 19.0 Å². The Labute approximate surface area is 212 Å². The molecule has 0 spiro atoms. The molecule has 1 N–H and O–H groups in total. The first-order valence-electron chi connectivity index (χ1n) is 13.2. The fourth-order valence-corrected chi connectivity index (χ4v) is 6.79. The van der Waals surface area contributed by atoms with Crippen LogP contribution in [0.2, 0.25) is 5.02 Å². The zero-order valence-corrected chi connectivity index (χ0v) is 21.7. The number of carboxylic acids is 1. The van der Waals surface area contributed by atoms with Crippen LogP contribution in [-0.4, -0.2) is 22.0 Å². The van der Waals surface area contributed by atoms with Gasteiger partial charge in [0, 0.05) is 34.8 Å². The summed E-state index contributed by atoms with van der Waals surface area (Å²) in [7, 11) is 0. The highest BCUT2D eigenvalue weighted by Gasteiger charge is 2.48. The number of hydrogen-bond acceptors (Lipinski definition) is 4. The van der Waals surface area contributed by atoms with Gasteiger partial charge in [0.15, 0.2) is 0 Å². The number of benzene rings is 1. The van der Waals surface area contributed by atoms with E-state index in [0.717, 1.165) is 54.2 Å². The molecule has 3 aliphatic carbocycles. The minimum absolute atomic E-state index is 0.0523. The molecule has 6 heteroatoms. The average molecular weight is 498 g/mol. The summed E-state index contributed by atoms with van der Waals surface area (Å²) in [5.41, 5.74) is 3.92. The van der Waals surface area contributed by atoms with Crippen LogP contribution in [-0.2, 0) is 16.0 Å². The van der Waals surface area contributed by atoms with Crippen molar-refractivity contribution in [2.24, 2.45) is 23.7 Å². The van der Waals surface area contributed by atoms with E-state index in [1.165, 1.54) is 12.0 Å². The molecule has 0 aliphatic heterocycles. The normalized spacial score (nSPS) is 28.3. The van der Waals surface area contributed by atoms with Crippen molar-refractivity contribution in [3.63, 3.8) is 0 Å². The second-order valence-corrected chi connectivity index (χ2v) is 12.1. The molecule has 0 radical (unpaired) electrons. The van der Waals surface area contributed by atoms with E-state index in [9.17, 15) is 14.7 Å².